The van der Waals surface area contributed by atoms with Crippen molar-refractivity contribution in [2.75, 3.05) is 24.7 Å². The summed E-state index contributed by atoms with van der Waals surface area (Å²) in [5.74, 6) is -0.507. The molecule has 8 heteroatoms. The van der Waals surface area contributed by atoms with Gasteiger partial charge in [0.05, 0.1) is 5.56 Å². The van der Waals surface area contributed by atoms with Gasteiger partial charge < -0.3 is 16.0 Å². The third kappa shape index (κ3) is 4.00. The first-order chi connectivity index (χ1) is 12.3. The van der Waals surface area contributed by atoms with Crippen molar-refractivity contribution in [3.05, 3.63) is 45.3 Å². The first-order valence-electron chi connectivity index (χ1n) is 8.29. The van der Waals surface area contributed by atoms with Crippen LogP contribution in [-0.2, 0) is 12.8 Å². The predicted octanol–water partition coefficient (Wildman–Crippen LogP) is 3.56. The van der Waals surface area contributed by atoms with Crippen molar-refractivity contribution in [3.63, 3.8) is 0 Å². The molecule has 1 atom stereocenters. The summed E-state index contributed by atoms with van der Waals surface area (Å²) >= 11 is 7.28. The molecule has 0 radical (unpaired) electrons. The fourth-order valence-corrected chi connectivity index (χ4v) is 4.60. The smallest absolute Gasteiger partial charge is 0.324 e. The van der Waals surface area contributed by atoms with E-state index in [1.54, 1.807) is 24.3 Å². The Balaban J connectivity index is 1.80. The second-order valence-electron chi connectivity index (χ2n) is 6.52. The number of halogens is 1. The number of carbonyl (C=O) groups is 2. The molecule has 0 spiro atoms. The lowest BCUT2D eigenvalue weighted by Gasteiger charge is -2.28. The number of likely N-dealkylation sites (N-methyl/N-ethyl adjacent to an activating group) is 1. The van der Waals surface area contributed by atoms with Crippen LogP contribution in [0.2, 0.25) is 5.02 Å². The first kappa shape index (κ1) is 18.7. The molecule has 1 aliphatic carbocycles. The average Bonchev–Trinajstić information content (AvgIpc) is 2.93. The number of amides is 3. The Morgan fingerprint density at radius 1 is 1.23 bits per heavy atom. The number of nitrogens with one attached hydrogen (secondary N) is 2. The molecule has 1 unspecified atom stereocenters. The Morgan fingerprint density at radius 3 is 2.54 bits per heavy atom. The maximum absolute atomic E-state index is 12.3. The van der Waals surface area contributed by atoms with E-state index < -0.39 is 11.9 Å². The summed E-state index contributed by atoms with van der Waals surface area (Å²) in [7, 11) is 4.11. The normalized spacial score (nSPS) is 16.2. The molecule has 3 amide bonds. The minimum Gasteiger partial charge on any atom is -0.365 e. The molecule has 1 aromatic carbocycles. The lowest BCUT2D eigenvalue weighted by atomic mass is 9.91. The summed E-state index contributed by atoms with van der Waals surface area (Å²) in [6.07, 6.45) is 2.61. The zero-order chi connectivity index (χ0) is 18.8. The number of primary amides is 1. The van der Waals surface area contributed by atoms with Gasteiger partial charge in [-0.3, -0.25) is 10.1 Å². The van der Waals surface area contributed by atoms with Gasteiger partial charge in [-0.25, -0.2) is 4.79 Å². The van der Waals surface area contributed by atoms with Gasteiger partial charge in [-0.1, -0.05) is 11.6 Å². The third-order valence-electron chi connectivity index (χ3n) is 4.55. The van der Waals surface area contributed by atoms with E-state index in [4.69, 9.17) is 17.3 Å². The van der Waals surface area contributed by atoms with E-state index in [2.05, 4.69) is 29.6 Å². The highest BCUT2D eigenvalue weighted by atomic mass is 35.5. The molecule has 0 bridgehead atoms. The first-order valence-corrected chi connectivity index (χ1v) is 9.49. The Hall–Kier alpha value is -2.09. The summed E-state index contributed by atoms with van der Waals surface area (Å²) in [6, 6.07) is 6.81. The second kappa shape index (κ2) is 7.65. The number of anilines is 2. The molecule has 0 saturated carbocycles. The Kier molecular flexibility index (Phi) is 5.50. The zero-order valence-corrected chi connectivity index (χ0v) is 16.2. The highest BCUT2D eigenvalue weighted by Gasteiger charge is 2.29. The van der Waals surface area contributed by atoms with Gasteiger partial charge in [-0.15, -0.1) is 11.3 Å². The molecule has 0 aliphatic heterocycles. The van der Waals surface area contributed by atoms with Gasteiger partial charge in [0.25, 0.3) is 5.91 Å². The number of hydrogen-bond acceptors (Lipinski definition) is 4. The van der Waals surface area contributed by atoms with Crippen molar-refractivity contribution in [3.8, 4) is 0 Å². The number of nitrogens with two attached hydrogens (primary N) is 1. The van der Waals surface area contributed by atoms with E-state index >= 15 is 0 Å². The zero-order valence-electron chi connectivity index (χ0n) is 14.6. The van der Waals surface area contributed by atoms with E-state index in [1.165, 1.54) is 11.3 Å². The average molecular weight is 393 g/mol. The lowest BCUT2D eigenvalue weighted by Crippen LogP contribution is -2.33. The van der Waals surface area contributed by atoms with Crippen LogP contribution in [0.5, 0.6) is 0 Å². The van der Waals surface area contributed by atoms with Crippen molar-refractivity contribution in [2.45, 2.75) is 25.3 Å². The molecule has 1 aliphatic rings. The monoisotopic (exact) mass is 392 g/mol. The predicted molar refractivity (Wildman–Crippen MR) is 106 cm³/mol. The van der Waals surface area contributed by atoms with Crippen LogP contribution < -0.4 is 16.4 Å². The summed E-state index contributed by atoms with van der Waals surface area (Å²) in [4.78, 5) is 27.6. The van der Waals surface area contributed by atoms with E-state index in [9.17, 15) is 9.59 Å². The molecule has 3 rings (SSSR count). The molecule has 4 N–H and O–H groups in total. The molecule has 0 fully saturated rings. The molecule has 138 valence electrons. The lowest BCUT2D eigenvalue weighted by molar-refractivity contribution is 0.1000. The number of nitrogens with zero attached hydrogens (tertiary/aromatic N) is 1. The van der Waals surface area contributed by atoms with Crippen molar-refractivity contribution in [2.24, 2.45) is 5.73 Å². The molecule has 1 heterocycles. The van der Waals surface area contributed by atoms with Crippen molar-refractivity contribution >= 4 is 45.6 Å². The fraction of sp³-hybridized carbons (Fsp3) is 0.333. The third-order valence-corrected chi connectivity index (χ3v) is 5.97. The van der Waals surface area contributed by atoms with Crippen LogP contribution in [0.15, 0.2) is 24.3 Å². The number of benzene rings is 1. The molecule has 1 aromatic heterocycles. The topological polar surface area (TPSA) is 87.5 Å². The van der Waals surface area contributed by atoms with E-state index in [0.29, 0.717) is 27.3 Å². The number of urea groups is 1. The van der Waals surface area contributed by atoms with Crippen LogP contribution in [0.3, 0.4) is 0 Å². The quantitative estimate of drug-likeness (QED) is 0.743. The summed E-state index contributed by atoms with van der Waals surface area (Å²) in [5.41, 5.74) is 7.62. The standard InChI is InChI=1S/C18H21ClN4O2S/c1-23(2)12-7-8-13-14(9-12)26-17(15(13)16(20)24)22-18(25)21-11-5-3-10(19)4-6-11/h3-6,12H,7-9H2,1-2H3,(H2,20,24)(H2,21,22,25). The number of rotatable bonds is 4. The molecule has 0 saturated heterocycles. The molecule has 2 aromatic rings. The van der Waals surface area contributed by atoms with Crippen molar-refractivity contribution in [1.29, 1.82) is 0 Å². The Bertz CT molecular complexity index is 832. The minimum atomic E-state index is -0.507. The van der Waals surface area contributed by atoms with Gasteiger partial charge in [0, 0.05) is 21.6 Å². The summed E-state index contributed by atoms with van der Waals surface area (Å²) in [6.45, 7) is 0. The largest absolute Gasteiger partial charge is 0.365 e. The van der Waals surface area contributed by atoms with Crippen molar-refractivity contribution < 1.29 is 9.59 Å². The van der Waals surface area contributed by atoms with Crippen molar-refractivity contribution in [1.82, 2.24) is 4.90 Å². The van der Waals surface area contributed by atoms with E-state index in [-0.39, 0.29) is 0 Å². The Labute approximate surface area is 161 Å². The van der Waals surface area contributed by atoms with Crippen LogP contribution in [0, 0.1) is 0 Å². The van der Waals surface area contributed by atoms with Gasteiger partial charge in [0.15, 0.2) is 0 Å². The minimum absolute atomic E-state index is 0.419. The van der Waals surface area contributed by atoms with Gasteiger partial charge in [-0.2, -0.15) is 0 Å². The van der Waals surface area contributed by atoms with Gasteiger partial charge in [-0.05, 0) is 63.2 Å². The number of hydrogen-bond donors (Lipinski definition) is 3. The van der Waals surface area contributed by atoms with E-state index in [0.717, 1.165) is 29.7 Å². The maximum atomic E-state index is 12.3. The molecule has 26 heavy (non-hydrogen) atoms. The van der Waals surface area contributed by atoms with E-state index in [1.807, 2.05) is 0 Å². The van der Waals surface area contributed by atoms with Gasteiger partial charge >= 0.3 is 6.03 Å². The van der Waals surface area contributed by atoms with Gasteiger partial charge in [0.1, 0.15) is 5.00 Å². The van der Waals surface area contributed by atoms with Crippen LogP contribution in [0.4, 0.5) is 15.5 Å². The maximum Gasteiger partial charge on any atom is 0.324 e. The highest BCUT2D eigenvalue weighted by Crippen LogP contribution is 2.38. The SMILES string of the molecule is CN(C)C1CCc2c(sc(NC(=O)Nc3ccc(Cl)cc3)c2C(N)=O)C1. The summed E-state index contributed by atoms with van der Waals surface area (Å²) in [5, 5.41) is 6.60. The summed E-state index contributed by atoms with van der Waals surface area (Å²) < 4.78 is 0. The van der Waals surface area contributed by atoms with Gasteiger partial charge in [0.2, 0.25) is 0 Å². The Morgan fingerprint density at radius 2 is 1.92 bits per heavy atom. The number of fused-ring (bicyclic) bond motifs is 1. The molecule has 6 nitrogen and oxygen atoms in total. The number of carbonyl (C=O) groups excluding carboxylic acids is 2. The van der Waals surface area contributed by atoms with Crippen LogP contribution in [0.25, 0.3) is 0 Å². The molecular weight excluding hydrogens is 372 g/mol. The molecular formula is C18H21ClN4O2S. The van der Waals surface area contributed by atoms with Crippen LogP contribution >= 0.6 is 22.9 Å². The van der Waals surface area contributed by atoms with Crippen LogP contribution in [-0.4, -0.2) is 37.0 Å². The van der Waals surface area contributed by atoms with Crippen LogP contribution in [0.1, 0.15) is 27.2 Å². The number of thiophene rings is 1. The highest BCUT2D eigenvalue weighted by molar-refractivity contribution is 7.17. The second-order valence-corrected chi connectivity index (χ2v) is 8.06. The fourth-order valence-electron chi connectivity index (χ4n) is 3.16.